The predicted octanol–water partition coefficient (Wildman–Crippen LogP) is 5.49. The summed E-state index contributed by atoms with van der Waals surface area (Å²) in [6.45, 7) is 0. The van der Waals surface area contributed by atoms with E-state index < -0.39 is 0 Å². The van der Waals surface area contributed by atoms with Gasteiger partial charge in [-0.05, 0) is 48.5 Å². The Morgan fingerprint density at radius 3 is 2.43 bits per heavy atom. The number of amides is 1. The zero-order valence-electron chi connectivity index (χ0n) is 12.0. The fraction of sp³-hybridized carbons (Fsp3) is 0. The van der Waals surface area contributed by atoms with Gasteiger partial charge in [0.15, 0.2) is 0 Å². The number of carbonyl (C=O) groups is 1. The first kappa shape index (κ1) is 13.9. The van der Waals surface area contributed by atoms with Crippen molar-refractivity contribution in [3.05, 3.63) is 77.3 Å². The van der Waals surface area contributed by atoms with Crippen LogP contribution < -0.4 is 5.32 Å². The van der Waals surface area contributed by atoms with Gasteiger partial charge in [0.05, 0.1) is 0 Å². The highest BCUT2D eigenvalue weighted by Crippen LogP contribution is 2.29. The highest BCUT2D eigenvalue weighted by molar-refractivity contribution is 6.30. The van der Waals surface area contributed by atoms with Crippen LogP contribution in [0.25, 0.3) is 21.9 Å². The van der Waals surface area contributed by atoms with Gasteiger partial charge in [-0.1, -0.05) is 29.8 Å². The van der Waals surface area contributed by atoms with Gasteiger partial charge in [0.2, 0.25) is 0 Å². The Hall–Kier alpha value is -2.78. The Labute approximate surface area is 137 Å². The molecule has 1 amide bonds. The summed E-state index contributed by atoms with van der Waals surface area (Å²) < 4.78 is 5.77. The number of nitrogens with one attached hydrogen (secondary N) is 1. The van der Waals surface area contributed by atoms with E-state index in [1.165, 1.54) is 0 Å². The second kappa shape index (κ2) is 5.45. The van der Waals surface area contributed by atoms with Gasteiger partial charge in [-0.3, -0.25) is 4.79 Å². The summed E-state index contributed by atoms with van der Waals surface area (Å²) in [5.74, 6) is -0.167. The van der Waals surface area contributed by atoms with E-state index in [4.69, 9.17) is 16.0 Å². The molecule has 0 unspecified atom stereocenters. The quantitative estimate of drug-likeness (QED) is 0.530. The summed E-state index contributed by atoms with van der Waals surface area (Å²) in [5, 5.41) is 5.43. The molecule has 0 saturated carbocycles. The molecular weight excluding hydrogens is 310 g/mol. The molecule has 0 aliphatic rings. The number of furan rings is 1. The molecule has 0 fully saturated rings. The van der Waals surface area contributed by atoms with E-state index in [1.54, 1.807) is 30.3 Å². The lowest BCUT2D eigenvalue weighted by atomic mass is 10.1. The molecule has 1 aromatic heterocycles. The molecule has 1 heterocycles. The molecule has 0 spiro atoms. The summed E-state index contributed by atoms with van der Waals surface area (Å²) in [6.07, 6.45) is 0. The van der Waals surface area contributed by atoms with Crippen LogP contribution in [0.4, 0.5) is 5.69 Å². The van der Waals surface area contributed by atoms with Crippen LogP contribution in [0.1, 0.15) is 10.4 Å². The Bertz CT molecular complexity index is 1020. The number of benzene rings is 3. The number of halogens is 1. The van der Waals surface area contributed by atoms with Crippen molar-refractivity contribution in [3.63, 3.8) is 0 Å². The fourth-order valence-electron chi connectivity index (χ4n) is 2.60. The van der Waals surface area contributed by atoms with Crippen LogP contribution in [0.5, 0.6) is 0 Å². The summed E-state index contributed by atoms with van der Waals surface area (Å²) in [5.41, 5.74) is 2.88. The number of carbonyl (C=O) groups excluding carboxylic acids is 1. The molecule has 23 heavy (non-hydrogen) atoms. The van der Waals surface area contributed by atoms with Gasteiger partial charge < -0.3 is 9.73 Å². The van der Waals surface area contributed by atoms with Crippen molar-refractivity contribution in [1.82, 2.24) is 0 Å². The van der Waals surface area contributed by atoms with Crippen LogP contribution in [0.15, 0.2) is 71.1 Å². The van der Waals surface area contributed by atoms with E-state index in [-0.39, 0.29) is 5.91 Å². The minimum absolute atomic E-state index is 0.167. The molecule has 0 aliphatic heterocycles. The smallest absolute Gasteiger partial charge is 0.255 e. The normalized spacial score (nSPS) is 11.0. The summed E-state index contributed by atoms with van der Waals surface area (Å²) >= 11 is 5.85. The number of fused-ring (bicyclic) bond motifs is 3. The average molecular weight is 322 g/mol. The minimum atomic E-state index is -0.167. The maximum absolute atomic E-state index is 12.4. The fourth-order valence-corrected chi connectivity index (χ4v) is 2.73. The molecule has 0 bridgehead atoms. The molecule has 0 radical (unpaired) electrons. The topological polar surface area (TPSA) is 42.2 Å². The third-order valence-corrected chi connectivity index (χ3v) is 3.99. The van der Waals surface area contributed by atoms with Crippen LogP contribution in [-0.4, -0.2) is 5.91 Å². The molecule has 0 aliphatic carbocycles. The summed E-state index contributed by atoms with van der Waals surface area (Å²) in [7, 11) is 0. The molecule has 0 atom stereocenters. The van der Waals surface area contributed by atoms with Gasteiger partial charge in [-0.2, -0.15) is 0 Å². The first-order valence-corrected chi connectivity index (χ1v) is 7.57. The van der Waals surface area contributed by atoms with Gasteiger partial charge >= 0.3 is 0 Å². The zero-order valence-corrected chi connectivity index (χ0v) is 12.8. The number of anilines is 1. The van der Waals surface area contributed by atoms with E-state index >= 15 is 0 Å². The number of hydrogen-bond acceptors (Lipinski definition) is 2. The highest BCUT2D eigenvalue weighted by atomic mass is 35.5. The largest absolute Gasteiger partial charge is 0.456 e. The zero-order chi connectivity index (χ0) is 15.8. The van der Waals surface area contributed by atoms with E-state index in [2.05, 4.69) is 5.32 Å². The Morgan fingerprint density at radius 1 is 0.870 bits per heavy atom. The third kappa shape index (κ3) is 2.56. The van der Waals surface area contributed by atoms with Crippen LogP contribution in [0.2, 0.25) is 5.02 Å². The van der Waals surface area contributed by atoms with Crippen molar-refractivity contribution in [2.75, 3.05) is 5.32 Å². The lowest BCUT2D eigenvalue weighted by Gasteiger charge is -2.05. The van der Waals surface area contributed by atoms with E-state index in [9.17, 15) is 4.79 Å². The first-order valence-electron chi connectivity index (χ1n) is 7.19. The molecule has 4 heteroatoms. The van der Waals surface area contributed by atoms with Crippen LogP contribution in [0.3, 0.4) is 0 Å². The van der Waals surface area contributed by atoms with E-state index in [0.717, 1.165) is 21.9 Å². The highest BCUT2D eigenvalue weighted by Gasteiger charge is 2.11. The standard InChI is InChI=1S/C19H12ClNO2/c20-13-6-8-14(9-7-13)21-19(22)12-5-10-18-16(11-12)15-3-1-2-4-17(15)23-18/h1-11H,(H,21,22). The molecule has 4 rings (SSSR count). The van der Waals surface area contributed by atoms with Crippen molar-refractivity contribution in [1.29, 1.82) is 0 Å². The minimum Gasteiger partial charge on any atom is -0.456 e. The number of para-hydroxylation sites is 1. The molecule has 112 valence electrons. The third-order valence-electron chi connectivity index (χ3n) is 3.74. The molecule has 3 aromatic carbocycles. The summed E-state index contributed by atoms with van der Waals surface area (Å²) in [6, 6.07) is 20.3. The molecular formula is C19H12ClNO2. The monoisotopic (exact) mass is 321 g/mol. The van der Waals surface area contributed by atoms with Crippen LogP contribution in [-0.2, 0) is 0 Å². The second-order valence-electron chi connectivity index (χ2n) is 5.27. The number of hydrogen-bond donors (Lipinski definition) is 1. The Morgan fingerprint density at radius 2 is 1.61 bits per heavy atom. The average Bonchev–Trinajstić information content (AvgIpc) is 2.94. The van der Waals surface area contributed by atoms with Gasteiger partial charge in [0.25, 0.3) is 5.91 Å². The lowest BCUT2D eigenvalue weighted by Crippen LogP contribution is -2.11. The molecule has 1 N–H and O–H groups in total. The molecule has 4 aromatic rings. The van der Waals surface area contributed by atoms with Crippen molar-refractivity contribution < 1.29 is 9.21 Å². The van der Waals surface area contributed by atoms with Crippen molar-refractivity contribution >= 4 is 45.1 Å². The lowest BCUT2D eigenvalue weighted by molar-refractivity contribution is 0.102. The SMILES string of the molecule is O=C(Nc1ccc(Cl)cc1)c1ccc2oc3ccccc3c2c1. The Kier molecular flexibility index (Phi) is 3.28. The van der Waals surface area contributed by atoms with Crippen LogP contribution in [0, 0.1) is 0 Å². The van der Waals surface area contributed by atoms with E-state index in [0.29, 0.717) is 16.3 Å². The maximum atomic E-state index is 12.4. The first-order chi connectivity index (χ1) is 11.2. The predicted molar refractivity (Wildman–Crippen MR) is 93.1 cm³/mol. The van der Waals surface area contributed by atoms with Crippen molar-refractivity contribution in [2.24, 2.45) is 0 Å². The molecule has 3 nitrogen and oxygen atoms in total. The maximum Gasteiger partial charge on any atom is 0.255 e. The van der Waals surface area contributed by atoms with Gasteiger partial charge in [0, 0.05) is 27.0 Å². The van der Waals surface area contributed by atoms with Gasteiger partial charge in [-0.15, -0.1) is 0 Å². The molecule has 0 saturated heterocycles. The van der Waals surface area contributed by atoms with Crippen LogP contribution >= 0.6 is 11.6 Å². The second-order valence-corrected chi connectivity index (χ2v) is 5.71. The van der Waals surface area contributed by atoms with Gasteiger partial charge in [-0.25, -0.2) is 0 Å². The van der Waals surface area contributed by atoms with Gasteiger partial charge in [0.1, 0.15) is 11.2 Å². The van der Waals surface area contributed by atoms with Crippen molar-refractivity contribution in [2.45, 2.75) is 0 Å². The Balaban J connectivity index is 1.71. The number of rotatable bonds is 2. The summed E-state index contributed by atoms with van der Waals surface area (Å²) in [4.78, 5) is 12.4. The van der Waals surface area contributed by atoms with Crippen molar-refractivity contribution in [3.8, 4) is 0 Å². The van der Waals surface area contributed by atoms with E-state index in [1.807, 2.05) is 36.4 Å².